The predicted molar refractivity (Wildman–Crippen MR) is 131 cm³/mol. The molecule has 0 aliphatic carbocycles. The molecule has 0 aromatic heterocycles. The summed E-state index contributed by atoms with van der Waals surface area (Å²) in [4.78, 5) is 29.6. The fourth-order valence-electron chi connectivity index (χ4n) is 5.03. The molecule has 174 valence electrons. The van der Waals surface area contributed by atoms with Gasteiger partial charge in [0.1, 0.15) is 0 Å². The van der Waals surface area contributed by atoms with E-state index in [1.807, 2.05) is 59.5 Å². The zero-order valence-corrected chi connectivity index (χ0v) is 19.5. The smallest absolute Gasteiger partial charge is 0.254 e. The van der Waals surface area contributed by atoms with E-state index in [1.54, 1.807) is 19.1 Å². The normalized spacial score (nSPS) is 17.5. The number of amides is 2. The number of hydrogen-bond acceptors (Lipinski definition) is 4. The second-order valence-corrected chi connectivity index (χ2v) is 8.66. The minimum atomic E-state index is -0.239. The van der Waals surface area contributed by atoms with Crippen LogP contribution in [0.1, 0.15) is 45.9 Å². The SMILES string of the molecule is COc1cc2c(cc1OC)C(c1ccccc1)N(C(=O)c1ccc(N3CCCC3=O)cc1)CC2. The number of anilines is 1. The second kappa shape index (κ2) is 9.21. The lowest BCUT2D eigenvalue weighted by Crippen LogP contribution is -2.40. The molecular weight excluding hydrogens is 428 g/mol. The first-order valence-corrected chi connectivity index (χ1v) is 11.6. The van der Waals surface area contributed by atoms with Crippen molar-refractivity contribution in [2.75, 3.05) is 32.2 Å². The Morgan fingerprint density at radius 3 is 2.24 bits per heavy atom. The van der Waals surface area contributed by atoms with E-state index in [0.29, 0.717) is 30.0 Å². The summed E-state index contributed by atoms with van der Waals surface area (Å²) in [5.41, 5.74) is 4.70. The van der Waals surface area contributed by atoms with Crippen molar-refractivity contribution in [3.8, 4) is 11.5 Å². The summed E-state index contributed by atoms with van der Waals surface area (Å²) >= 11 is 0. The molecule has 0 bridgehead atoms. The van der Waals surface area contributed by atoms with Crippen LogP contribution in [-0.4, -0.2) is 44.0 Å². The van der Waals surface area contributed by atoms with Gasteiger partial charge in [0.15, 0.2) is 11.5 Å². The summed E-state index contributed by atoms with van der Waals surface area (Å²) < 4.78 is 11.1. The first-order chi connectivity index (χ1) is 16.6. The molecule has 0 N–H and O–H groups in total. The van der Waals surface area contributed by atoms with Gasteiger partial charge < -0.3 is 19.3 Å². The van der Waals surface area contributed by atoms with Gasteiger partial charge >= 0.3 is 0 Å². The Morgan fingerprint density at radius 1 is 0.882 bits per heavy atom. The number of fused-ring (bicyclic) bond motifs is 1. The molecule has 6 nitrogen and oxygen atoms in total. The molecule has 3 aromatic carbocycles. The molecule has 1 saturated heterocycles. The van der Waals surface area contributed by atoms with Gasteiger partial charge in [0.25, 0.3) is 5.91 Å². The zero-order chi connectivity index (χ0) is 23.7. The van der Waals surface area contributed by atoms with Crippen LogP contribution >= 0.6 is 0 Å². The third-order valence-corrected chi connectivity index (χ3v) is 6.75. The van der Waals surface area contributed by atoms with Crippen LogP contribution in [0.4, 0.5) is 5.69 Å². The van der Waals surface area contributed by atoms with E-state index in [-0.39, 0.29) is 17.9 Å². The van der Waals surface area contributed by atoms with Gasteiger partial charge in [-0.25, -0.2) is 0 Å². The van der Waals surface area contributed by atoms with E-state index < -0.39 is 0 Å². The van der Waals surface area contributed by atoms with E-state index in [9.17, 15) is 9.59 Å². The van der Waals surface area contributed by atoms with Gasteiger partial charge in [-0.3, -0.25) is 9.59 Å². The molecule has 2 heterocycles. The highest BCUT2D eigenvalue weighted by atomic mass is 16.5. The number of rotatable bonds is 5. The lowest BCUT2D eigenvalue weighted by molar-refractivity contribution is -0.117. The largest absolute Gasteiger partial charge is 0.493 e. The number of carbonyl (C=O) groups excluding carboxylic acids is 2. The molecule has 6 heteroatoms. The molecule has 0 radical (unpaired) electrons. The average Bonchev–Trinajstić information content (AvgIpc) is 3.33. The van der Waals surface area contributed by atoms with E-state index in [1.165, 1.54) is 0 Å². The molecule has 0 saturated carbocycles. The van der Waals surface area contributed by atoms with Crippen molar-refractivity contribution in [1.29, 1.82) is 0 Å². The summed E-state index contributed by atoms with van der Waals surface area (Å²) in [6.07, 6.45) is 2.19. The second-order valence-electron chi connectivity index (χ2n) is 8.66. The molecule has 5 rings (SSSR count). The topological polar surface area (TPSA) is 59.1 Å². The van der Waals surface area contributed by atoms with Crippen LogP contribution in [0, 0.1) is 0 Å². The third-order valence-electron chi connectivity index (χ3n) is 6.75. The van der Waals surface area contributed by atoms with Crippen molar-refractivity contribution >= 4 is 17.5 Å². The Kier molecular flexibility index (Phi) is 5.97. The van der Waals surface area contributed by atoms with Crippen LogP contribution in [0.15, 0.2) is 66.7 Å². The van der Waals surface area contributed by atoms with Crippen LogP contribution in [0.25, 0.3) is 0 Å². The molecule has 2 amide bonds. The Labute approximate surface area is 199 Å². The maximum absolute atomic E-state index is 13.8. The monoisotopic (exact) mass is 456 g/mol. The Hall–Kier alpha value is -3.80. The Bertz CT molecular complexity index is 1210. The molecule has 1 atom stereocenters. The minimum Gasteiger partial charge on any atom is -0.493 e. The van der Waals surface area contributed by atoms with Gasteiger partial charge in [-0.1, -0.05) is 30.3 Å². The number of methoxy groups -OCH3 is 2. The average molecular weight is 457 g/mol. The van der Waals surface area contributed by atoms with Crippen molar-refractivity contribution in [2.45, 2.75) is 25.3 Å². The fourth-order valence-corrected chi connectivity index (χ4v) is 5.03. The number of hydrogen-bond donors (Lipinski definition) is 0. The van der Waals surface area contributed by atoms with Gasteiger partial charge in [0.05, 0.1) is 20.3 Å². The lowest BCUT2D eigenvalue weighted by Gasteiger charge is -2.38. The lowest BCUT2D eigenvalue weighted by atomic mass is 9.87. The first-order valence-electron chi connectivity index (χ1n) is 11.6. The van der Waals surface area contributed by atoms with Crippen LogP contribution in [0.2, 0.25) is 0 Å². The highest BCUT2D eigenvalue weighted by Crippen LogP contribution is 2.41. The van der Waals surface area contributed by atoms with Crippen molar-refractivity contribution in [3.63, 3.8) is 0 Å². The molecule has 2 aliphatic heterocycles. The van der Waals surface area contributed by atoms with Gasteiger partial charge in [-0.05, 0) is 65.9 Å². The number of benzene rings is 3. The number of ether oxygens (including phenoxy) is 2. The molecule has 1 unspecified atom stereocenters. The van der Waals surface area contributed by atoms with Crippen molar-refractivity contribution in [2.24, 2.45) is 0 Å². The van der Waals surface area contributed by atoms with E-state index >= 15 is 0 Å². The van der Waals surface area contributed by atoms with Crippen LogP contribution in [-0.2, 0) is 11.2 Å². The minimum absolute atomic E-state index is 0.0337. The quantitative estimate of drug-likeness (QED) is 0.562. The van der Waals surface area contributed by atoms with Crippen molar-refractivity contribution in [1.82, 2.24) is 4.90 Å². The predicted octanol–water partition coefficient (Wildman–Crippen LogP) is 4.62. The summed E-state index contributed by atoms with van der Waals surface area (Å²) in [6.45, 7) is 1.32. The molecule has 2 aliphatic rings. The van der Waals surface area contributed by atoms with E-state index in [0.717, 1.165) is 41.8 Å². The van der Waals surface area contributed by atoms with Crippen LogP contribution in [0.5, 0.6) is 11.5 Å². The summed E-state index contributed by atoms with van der Waals surface area (Å²) in [7, 11) is 3.26. The maximum Gasteiger partial charge on any atom is 0.254 e. The Balaban J connectivity index is 1.52. The van der Waals surface area contributed by atoms with E-state index in [2.05, 4.69) is 12.1 Å². The highest BCUT2D eigenvalue weighted by Gasteiger charge is 2.34. The molecule has 3 aromatic rings. The molecular formula is C28H28N2O4. The maximum atomic E-state index is 13.8. The first kappa shape index (κ1) is 22.0. The van der Waals surface area contributed by atoms with E-state index in [4.69, 9.17) is 9.47 Å². The van der Waals surface area contributed by atoms with Gasteiger partial charge in [-0.2, -0.15) is 0 Å². The Morgan fingerprint density at radius 2 is 1.59 bits per heavy atom. The summed E-state index contributed by atoms with van der Waals surface area (Å²) in [6, 6.07) is 21.3. The van der Waals surface area contributed by atoms with Crippen molar-refractivity contribution < 1.29 is 19.1 Å². The molecule has 0 spiro atoms. The number of nitrogens with zero attached hydrogens (tertiary/aromatic N) is 2. The summed E-state index contributed by atoms with van der Waals surface area (Å²) in [5, 5.41) is 0. The standard InChI is InChI=1S/C28H28N2O4/c1-33-24-17-21-14-16-30(27(19-7-4-3-5-8-19)23(21)18-25(24)34-2)28(32)20-10-12-22(13-11-20)29-15-6-9-26(29)31/h3-5,7-8,10-13,17-18,27H,6,9,14-16H2,1-2H3. The fraction of sp³-hybridized carbons (Fsp3) is 0.286. The van der Waals surface area contributed by atoms with Gasteiger partial charge in [0.2, 0.25) is 5.91 Å². The number of carbonyl (C=O) groups is 2. The molecule has 1 fully saturated rings. The molecule has 34 heavy (non-hydrogen) atoms. The van der Waals surface area contributed by atoms with Crippen LogP contribution < -0.4 is 14.4 Å². The third kappa shape index (κ3) is 3.89. The highest BCUT2D eigenvalue weighted by molar-refractivity contribution is 5.98. The van der Waals surface area contributed by atoms with Gasteiger partial charge in [-0.15, -0.1) is 0 Å². The zero-order valence-electron chi connectivity index (χ0n) is 19.5. The summed E-state index contributed by atoms with van der Waals surface area (Å²) in [5.74, 6) is 1.45. The van der Waals surface area contributed by atoms with Crippen molar-refractivity contribution in [3.05, 3.63) is 89.0 Å². The van der Waals surface area contributed by atoms with Crippen LogP contribution in [0.3, 0.4) is 0 Å². The van der Waals surface area contributed by atoms with Gasteiger partial charge in [0, 0.05) is 30.8 Å².